The molecule has 0 bridgehead atoms. The standard InChI is InChI=1S/C10H16N2O2/c1-7-9(13)11-5-6-12(7)10(14)8-3-2-4-8/h7-8H,2-6H2,1H3,(H,11,13). The molecule has 4 nitrogen and oxygen atoms in total. The monoisotopic (exact) mass is 196 g/mol. The maximum Gasteiger partial charge on any atom is 0.242 e. The Kier molecular flexibility index (Phi) is 2.44. The summed E-state index contributed by atoms with van der Waals surface area (Å²) in [6.45, 7) is 3.06. The lowest BCUT2D eigenvalue weighted by Crippen LogP contribution is -2.57. The Morgan fingerprint density at radius 1 is 1.50 bits per heavy atom. The van der Waals surface area contributed by atoms with E-state index in [9.17, 15) is 9.59 Å². The van der Waals surface area contributed by atoms with Gasteiger partial charge in [-0.05, 0) is 19.8 Å². The Balaban J connectivity index is 2.00. The topological polar surface area (TPSA) is 49.4 Å². The first-order chi connectivity index (χ1) is 6.70. The normalized spacial score (nSPS) is 28.2. The summed E-state index contributed by atoms with van der Waals surface area (Å²) in [6, 6.07) is -0.281. The molecule has 0 radical (unpaired) electrons. The molecular formula is C10H16N2O2. The fraction of sp³-hybridized carbons (Fsp3) is 0.800. The van der Waals surface area contributed by atoms with E-state index in [1.54, 1.807) is 11.8 Å². The van der Waals surface area contributed by atoms with E-state index in [4.69, 9.17) is 0 Å². The van der Waals surface area contributed by atoms with Crippen LogP contribution in [0, 0.1) is 5.92 Å². The highest BCUT2D eigenvalue weighted by molar-refractivity contribution is 5.89. The van der Waals surface area contributed by atoms with Crippen LogP contribution >= 0.6 is 0 Å². The van der Waals surface area contributed by atoms with Crippen molar-refractivity contribution in [1.29, 1.82) is 0 Å². The lowest BCUT2D eigenvalue weighted by atomic mass is 9.84. The van der Waals surface area contributed by atoms with Gasteiger partial charge in [0.05, 0.1) is 0 Å². The fourth-order valence-electron chi connectivity index (χ4n) is 1.97. The van der Waals surface area contributed by atoms with Crippen molar-refractivity contribution in [2.75, 3.05) is 13.1 Å². The molecule has 2 rings (SSSR count). The van der Waals surface area contributed by atoms with Crippen LogP contribution in [0.1, 0.15) is 26.2 Å². The summed E-state index contributed by atoms with van der Waals surface area (Å²) in [4.78, 5) is 24.9. The van der Waals surface area contributed by atoms with Crippen molar-refractivity contribution in [3.63, 3.8) is 0 Å². The van der Waals surface area contributed by atoms with Crippen LogP contribution in [0.15, 0.2) is 0 Å². The summed E-state index contributed by atoms with van der Waals surface area (Å²) in [5, 5.41) is 2.76. The second-order valence-corrected chi connectivity index (χ2v) is 4.13. The molecule has 4 heteroatoms. The highest BCUT2D eigenvalue weighted by Gasteiger charge is 2.35. The number of nitrogens with zero attached hydrogens (tertiary/aromatic N) is 1. The zero-order chi connectivity index (χ0) is 10.1. The molecule has 1 aliphatic heterocycles. The van der Waals surface area contributed by atoms with Gasteiger partial charge in [-0.25, -0.2) is 0 Å². The van der Waals surface area contributed by atoms with Crippen molar-refractivity contribution in [2.24, 2.45) is 5.92 Å². The van der Waals surface area contributed by atoms with Crippen LogP contribution in [0.3, 0.4) is 0 Å². The second kappa shape index (κ2) is 3.59. The molecular weight excluding hydrogens is 180 g/mol. The summed E-state index contributed by atoms with van der Waals surface area (Å²) < 4.78 is 0. The molecule has 0 spiro atoms. The first-order valence-electron chi connectivity index (χ1n) is 5.28. The molecule has 1 unspecified atom stereocenters. The average molecular weight is 196 g/mol. The zero-order valence-electron chi connectivity index (χ0n) is 8.45. The van der Waals surface area contributed by atoms with Gasteiger partial charge in [0.1, 0.15) is 6.04 Å². The third-order valence-electron chi connectivity index (χ3n) is 3.24. The highest BCUT2D eigenvalue weighted by Crippen LogP contribution is 2.29. The van der Waals surface area contributed by atoms with Crippen molar-refractivity contribution in [3.8, 4) is 0 Å². The van der Waals surface area contributed by atoms with Gasteiger partial charge in [-0.15, -0.1) is 0 Å². The van der Waals surface area contributed by atoms with E-state index < -0.39 is 0 Å². The number of hydrogen-bond donors (Lipinski definition) is 1. The van der Waals surface area contributed by atoms with E-state index in [0.29, 0.717) is 13.1 Å². The Morgan fingerprint density at radius 3 is 2.79 bits per heavy atom. The van der Waals surface area contributed by atoms with Crippen molar-refractivity contribution >= 4 is 11.8 Å². The van der Waals surface area contributed by atoms with Gasteiger partial charge in [-0.3, -0.25) is 9.59 Å². The van der Waals surface area contributed by atoms with Gasteiger partial charge in [-0.1, -0.05) is 6.42 Å². The van der Waals surface area contributed by atoms with Gasteiger partial charge >= 0.3 is 0 Å². The molecule has 1 N–H and O–H groups in total. The van der Waals surface area contributed by atoms with Gasteiger partial charge in [0, 0.05) is 19.0 Å². The van der Waals surface area contributed by atoms with Crippen molar-refractivity contribution in [3.05, 3.63) is 0 Å². The second-order valence-electron chi connectivity index (χ2n) is 4.13. The number of carbonyl (C=O) groups is 2. The maximum atomic E-state index is 11.9. The molecule has 1 saturated heterocycles. The average Bonchev–Trinajstić information content (AvgIpc) is 2.06. The summed E-state index contributed by atoms with van der Waals surface area (Å²) in [7, 11) is 0. The summed E-state index contributed by atoms with van der Waals surface area (Å²) >= 11 is 0. The van der Waals surface area contributed by atoms with Gasteiger partial charge in [0.2, 0.25) is 11.8 Å². The van der Waals surface area contributed by atoms with Crippen LogP contribution in [0.25, 0.3) is 0 Å². The largest absolute Gasteiger partial charge is 0.353 e. The predicted octanol–water partition coefficient (Wildman–Crippen LogP) is 0.133. The van der Waals surface area contributed by atoms with E-state index in [2.05, 4.69) is 5.32 Å². The summed E-state index contributed by atoms with van der Waals surface area (Å²) in [5.74, 6) is 0.353. The quantitative estimate of drug-likeness (QED) is 0.648. The fourth-order valence-corrected chi connectivity index (χ4v) is 1.97. The molecule has 1 heterocycles. The molecule has 1 saturated carbocycles. The van der Waals surface area contributed by atoms with Gasteiger partial charge in [0.15, 0.2) is 0 Å². The molecule has 2 amide bonds. The maximum absolute atomic E-state index is 11.9. The number of piperazine rings is 1. The van der Waals surface area contributed by atoms with Crippen molar-refractivity contribution < 1.29 is 9.59 Å². The molecule has 0 aromatic rings. The Bertz CT molecular complexity index is 261. The molecule has 78 valence electrons. The molecule has 2 fully saturated rings. The minimum Gasteiger partial charge on any atom is -0.353 e. The van der Waals surface area contributed by atoms with Crippen LogP contribution in [0.5, 0.6) is 0 Å². The van der Waals surface area contributed by atoms with E-state index in [1.807, 2.05) is 0 Å². The number of rotatable bonds is 1. The third-order valence-corrected chi connectivity index (χ3v) is 3.24. The number of nitrogens with one attached hydrogen (secondary N) is 1. The smallest absolute Gasteiger partial charge is 0.242 e. The van der Waals surface area contributed by atoms with Gasteiger partial charge in [0.25, 0.3) is 0 Å². The Labute approximate surface area is 83.6 Å². The number of amides is 2. The van der Waals surface area contributed by atoms with E-state index in [0.717, 1.165) is 19.3 Å². The number of carbonyl (C=O) groups excluding carboxylic acids is 2. The number of hydrogen-bond acceptors (Lipinski definition) is 2. The van der Waals surface area contributed by atoms with E-state index in [-0.39, 0.29) is 23.8 Å². The first-order valence-corrected chi connectivity index (χ1v) is 5.28. The first kappa shape index (κ1) is 9.49. The third kappa shape index (κ3) is 1.49. The summed E-state index contributed by atoms with van der Waals surface area (Å²) in [5.41, 5.74) is 0. The van der Waals surface area contributed by atoms with Crippen molar-refractivity contribution in [1.82, 2.24) is 10.2 Å². The van der Waals surface area contributed by atoms with Crippen LogP contribution in [-0.2, 0) is 9.59 Å². The van der Waals surface area contributed by atoms with Crippen LogP contribution in [0.4, 0.5) is 0 Å². The molecule has 2 aliphatic rings. The van der Waals surface area contributed by atoms with Gasteiger partial charge in [-0.2, -0.15) is 0 Å². The van der Waals surface area contributed by atoms with E-state index in [1.165, 1.54) is 0 Å². The zero-order valence-corrected chi connectivity index (χ0v) is 8.45. The van der Waals surface area contributed by atoms with Crippen LogP contribution < -0.4 is 5.32 Å². The minimum atomic E-state index is -0.281. The highest BCUT2D eigenvalue weighted by atomic mass is 16.2. The van der Waals surface area contributed by atoms with Crippen LogP contribution in [0.2, 0.25) is 0 Å². The summed E-state index contributed by atoms with van der Waals surface area (Å²) in [6.07, 6.45) is 3.16. The van der Waals surface area contributed by atoms with Gasteiger partial charge < -0.3 is 10.2 Å². The Morgan fingerprint density at radius 2 is 2.21 bits per heavy atom. The molecule has 0 aromatic heterocycles. The predicted molar refractivity (Wildman–Crippen MR) is 51.5 cm³/mol. The van der Waals surface area contributed by atoms with Crippen LogP contribution in [-0.4, -0.2) is 35.8 Å². The molecule has 1 aliphatic carbocycles. The SMILES string of the molecule is CC1C(=O)NCCN1C(=O)C1CCC1. The van der Waals surface area contributed by atoms with E-state index >= 15 is 0 Å². The van der Waals surface area contributed by atoms with Crippen molar-refractivity contribution in [2.45, 2.75) is 32.2 Å². The molecule has 14 heavy (non-hydrogen) atoms. The Hall–Kier alpha value is -1.06. The molecule has 1 atom stereocenters. The lowest BCUT2D eigenvalue weighted by Gasteiger charge is -2.37. The molecule has 0 aromatic carbocycles. The minimum absolute atomic E-state index is 0.0241. The lowest BCUT2D eigenvalue weighted by molar-refractivity contribution is -0.147.